The molecule has 0 aliphatic carbocycles. The maximum atomic E-state index is 13.3. The van der Waals surface area contributed by atoms with Crippen LogP contribution in [0.3, 0.4) is 0 Å². The van der Waals surface area contributed by atoms with Crippen LogP contribution < -0.4 is 4.90 Å². The fraction of sp³-hybridized carbons (Fsp3) is 0.438. The zero-order valence-corrected chi connectivity index (χ0v) is 22.4. The minimum absolute atomic E-state index is 0.116. The number of likely N-dealkylation sites (tertiary alicyclic amines) is 2. The van der Waals surface area contributed by atoms with Gasteiger partial charge in [0.2, 0.25) is 5.91 Å². The minimum Gasteiger partial charge on any atom is -0.351 e. The smallest absolute Gasteiger partial charge is 0.270 e. The van der Waals surface area contributed by atoms with E-state index in [1.807, 2.05) is 12.1 Å². The van der Waals surface area contributed by atoms with Gasteiger partial charge in [-0.2, -0.15) is 0 Å². The molecule has 3 aliphatic rings. The van der Waals surface area contributed by atoms with Gasteiger partial charge in [-0.1, -0.05) is 42.5 Å². The third kappa shape index (κ3) is 5.02. The molecule has 2 aromatic carbocycles. The van der Waals surface area contributed by atoms with Crippen LogP contribution in [0.25, 0.3) is 10.9 Å². The lowest BCUT2D eigenvalue weighted by atomic mass is 9.95. The Morgan fingerprint density at radius 1 is 1.00 bits per heavy atom. The van der Waals surface area contributed by atoms with Crippen molar-refractivity contribution in [2.75, 3.05) is 31.1 Å². The molecule has 2 amide bonds. The lowest BCUT2D eigenvalue weighted by molar-refractivity contribution is -0.119. The van der Waals surface area contributed by atoms with Gasteiger partial charge < -0.3 is 14.8 Å². The quantitative estimate of drug-likeness (QED) is 0.448. The number of carbonyl (C=O) groups is 2. The number of H-pyrrole nitrogens is 1. The molecule has 1 aromatic heterocycles. The zero-order chi connectivity index (χ0) is 26.1. The van der Waals surface area contributed by atoms with E-state index in [2.05, 4.69) is 75.2 Å². The number of carbonyl (C=O) groups excluding carboxylic acids is 2. The van der Waals surface area contributed by atoms with Gasteiger partial charge in [-0.05, 0) is 74.8 Å². The van der Waals surface area contributed by atoms with Crippen LogP contribution in [0.5, 0.6) is 0 Å². The lowest BCUT2D eigenvalue weighted by Gasteiger charge is -2.40. The number of aryl methyl sites for hydroxylation is 2. The molecule has 0 bridgehead atoms. The van der Waals surface area contributed by atoms with Crippen LogP contribution >= 0.6 is 0 Å². The highest BCUT2D eigenvalue weighted by Gasteiger charge is 2.32. The average Bonchev–Trinajstić information content (AvgIpc) is 3.58. The number of aromatic amines is 1. The molecule has 2 saturated heterocycles. The largest absolute Gasteiger partial charge is 0.351 e. The highest BCUT2D eigenvalue weighted by Crippen LogP contribution is 2.32. The topological polar surface area (TPSA) is 59.7 Å². The number of para-hydroxylation sites is 1. The van der Waals surface area contributed by atoms with Crippen molar-refractivity contribution in [3.63, 3.8) is 0 Å². The third-order valence-electron chi connectivity index (χ3n) is 8.64. The van der Waals surface area contributed by atoms with Gasteiger partial charge in [0, 0.05) is 61.3 Å². The van der Waals surface area contributed by atoms with E-state index in [9.17, 15) is 9.59 Å². The molecule has 6 rings (SSSR count). The van der Waals surface area contributed by atoms with Crippen molar-refractivity contribution >= 4 is 28.4 Å². The molecule has 1 unspecified atom stereocenters. The summed E-state index contributed by atoms with van der Waals surface area (Å²) in [4.78, 5) is 36.0. The van der Waals surface area contributed by atoms with Crippen molar-refractivity contribution in [2.24, 2.45) is 0 Å². The van der Waals surface area contributed by atoms with Crippen LogP contribution in [0, 0.1) is 6.92 Å². The summed E-state index contributed by atoms with van der Waals surface area (Å²) in [6.07, 6.45) is 11.1. The molecule has 3 aromatic rings. The van der Waals surface area contributed by atoms with E-state index in [1.54, 1.807) is 0 Å². The van der Waals surface area contributed by atoms with Crippen molar-refractivity contribution in [3.05, 3.63) is 77.5 Å². The first kappa shape index (κ1) is 24.9. The number of amides is 2. The van der Waals surface area contributed by atoms with Gasteiger partial charge in [0.1, 0.15) is 5.69 Å². The first-order valence-corrected chi connectivity index (χ1v) is 14.2. The van der Waals surface area contributed by atoms with Crippen molar-refractivity contribution in [1.29, 1.82) is 0 Å². The summed E-state index contributed by atoms with van der Waals surface area (Å²) in [5.41, 5.74) is 5.34. The molecule has 1 atom stereocenters. The second kappa shape index (κ2) is 10.8. The first-order valence-electron chi connectivity index (χ1n) is 14.2. The van der Waals surface area contributed by atoms with Gasteiger partial charge in [0.25, 0.3) is 5.91 Å². The van der Waals surface area contributed by atoms with E-state index >= 15 is 0 Å². The van der Waals surface area contributed by atoms with Crippen molar-refractivity contribution in [2.45, 2.75) is 64.0 Å². The molecular formula is C32H38N4O2. The Labute approximate surface area is 225 Å². The standard InChI is InChI=1S/C32H38N4O2/c1-23-11-12-25-22-29(33-28(25)21-23)32(38)35-18-6-9-26(35)8-4-5-17-34-19-15-27(16-20-34)36-30-10-3-2-7-24(30)13-14-31(36)37/h2-5,7,10-12,21-22,26-27,33H,6,8-9,13-20H2,1H3. The summed E-state index contributed by atoms with van der Waals surface area (Å²) < 4.78 is 0. The number of hydrogen-bond acceptors (Lipinski definition) is 3. The van der Waals surface area contributed by atoms with E-state index in [0.717, 1.165) is 81.3 Å². The summed E-state index contributed by atoms with van der Waals surface area (Å²) in [7, 11) is 0. The van der Waals surface area contributed by atoms with Gasteiger partial charge in [-0.15, -0.1) is 0 Å². The molecule has 0 spiro atoms. The lowest BCUT2D eigenvalue weighted by Crippen LogP contribution is -2.49. The SMILES string of the molecule is Cc1ccc2cc(C(=O)N3CCCC3CC=CCN3CCC(N4C(=O)CCc5ccccc54)CC3)[nH]c2c1. The monoisotopic (exact) mass is 510 g/mol. The van der Waals surface area contributed by atoms with E-state index in [4.69, 9.17) is 0 Å². The molecule has 198 valence electrons. The summed E-state index contributed by atoms with van der Waals surface area (Å²) >= 11 is 0. The van der Waals surface area contributed by atoms with Crippen LogP contribution in [0.15, 0.2) is 60.7 Å². The van der Waals surface area contributed by atoms with Gasteiger partial charge in [0.05, 0.1) is 0 Å². The first-order chi connectivity index (χ1) is 18.6. The number of nitrogens with one attached hydrogen (secondary N) is 1. The number of benzene rings is 2. The second-order valence-electron chi connectivity index (χ2n) is 11.2. The molecule has 4 heterocycles. The molecular weight excluding hydrogens is 472 g/mol. The van der Waals surface area contributed by atoms with Gasteiger partial charge in [-0.3, -0.25) is 14.5 Å². The summed E-state index contributed by atoms with van der Waals surface area (Å²) in [5.74, 6) is 0.394. The Hall–Kier alpha value is -3.38. The Morgan fingerprint density at radius 3 is 2.71 bits per heavy atom. The molecule has 0 radical (unpaired) electrons. The number of hydrogen-bond donors (Lipinski definition) is 1. The number of fused-ring (bicyclic) bond motifs is 2. The van der Waals surface area contributed by atoms with E-state index < -0.39 is 0 Å². The van der Waals surface area contributed by atoms with Crippen LogP contribution in [0.1, 0.15) is 60.1 Å². The molecule has 6 nitrogen and oxygen atoms in total. The maximum Gasteiger partial charge on any atom is 0.270 e. The van der Waals surface area contributed by atoms with Crippen LogP contribution in [0.2, 0.25) is 0 Å². The molecule has 38 heavy (non-hydrogen) atoms. The molecule has 0 saturated carbocycles. The van der Waals surface area contributed by atoms with Crippen LogP contribution in [-0.4, -0.2) is 64.9 Å². The second-order valence-corrected chi connectivity index (χ2v) is 11.2. The molecule has 2 fully saturated rings. The van der Waals surface area contributed by atoms with Gasteiger partial charge in [0.15, 0.2) is 0 Å². The molecule has 3 aliphatic heterocycles. The predicted octanol–water partition coefficient (Wildman–Crippen LogP) is 5.47. The highest BCUT2D eigenvalue weighted by atomic mass is 16.2. The number of aromatic nitrogens is 1. The van der Waals surface area contributed by atoms with Gasteiger partial charge >= 0.3 is 0 Å². The summed E-state index contributed by atoms with van der Waals surface area (Å²) in [6.45, 7) is 5.85. The Morgan fingerprint density at radius 2 is 1.84 bits per heavy atom. The van der Waals surface area contributed by atoms with Crippen molar-refractivity contribution < 1.29 is 9.59 Å². The molecule has 6 heteroatoms. The number of piperidine rings is 1. The Bertz CT molecular complexity index is 1350. The normalized spacial score (nSPS) is 21.1. The van der Waals surface area contributed by atoms with Crippen molar-refractivity contribution in [3.8, 4) is 0 Å². The minimum atomic E-state index is 0.116. The number of anilines is 1. The average molecular weight is 511 g/mol. The van der Waals surface area contributed by atoms with E-state index in [0.29, 0.717) is 18.2 Å². The van der Waals surface area contributed by atoms with Crippen LogP contribution in [-0.2, 0) is 11.2 Å². The predicted molar refractivity (Wildman–Crippen MR) is 153 cm³/mol. The van der Waals surface area contributed by atoms with Crippen LogP contribution in [0.4, 0.5) is 5.69 Å². The van der Waals surface area contributed by atoms with Crippen molar-refractivity contribution in [1.82, 2.24) is 14.8 Å². The number of nitrogens with zero attached hydrogens (tertiary/aromatic N) is 3. The van der Waals surface area contributed by atoms with E-state index in [-0.39, 0.29) is 17.9 Å². The highest BCUT2D eigenvalue weighted by molar-refractivity contribution is 5.98. The maximum absolute atomic E-state index is 13.3. The Kier molecular flexibility index (Phi) is 7.07. The van der Waals surface area contributed by atoms with Gasteiger partial charge in [-0.25, -0.2) is 0 Å². The molecule has 1 N–H and O–H groups in total. The Balaban J connectivity index is 1.00. The number of rotatable bonds is 6. The zero-order valence-electron chi connectivity index (χ0n) is 22.4. The third-order valence-corrected chi connectivity index (χ3v) is 8.64. The van der Waals surface area contributed by atoms with E-state index in [1.165, 1.54) is 11.1 Å². The fourth-order valence-electron chi connectivity index (χ4n) is 6.55. The summed E-state index contributed by atoms with van der Waals surface area (Å²) in [5, 5.41) is 1.09. The summed E-state index contributed by atoms with van der Waals surface area (Å²) in [6, 6.07) is 17.2. The fourth-order valence-corrected chi connectivity index (χ4v) is 6.55.